The van der Waals surface area contributed by atoms with Crippen LogP contribution >= 0.6 is 27.5 Å². The predicted octanol–water partition coefficient (Wildman–Crippen LogP) is 5.15. The highest BCUT2D eigenvalue weighted by atomic mass is 79.9. The van der Waals surface area contributed by atoms with Gasteiger partial charge in [-0.2, -0.15) is 5.26 Å². The van der Waals surface area contributed by atoms with Gasteiger partial charge in [0.1, 0.15) is 6.07 Å². The van der Waals surface area contributed by atoms with Gasteiger partial charge in [-0.05, 0) is 58.7 Å². The van der Waals surface area contributed by atoms with E-state index in [9.17, 15) is 0 Å². The summed E-state index contributed by atoms with van der Waals surface area (Å²) in [6.45, 7) is 2.08. The number of anilines is 1. The van der Waals surface area contributed by atoms with Gasteiger partial charge >= 0.3 is 0 Å². The Hall–Kier alpha value is -1.50. The van der Waals surface area contributed by atoms with Crippen molar-refractivity contribution in [1.82, 2.24) is 0 Å². The largest absolute Gasteiger partial charge is 0.378 e. The molecule has 0 saturated heterocycles. The van der Waals surface area contributed by atoms with Crippen LogP contribution in [0, 0.1) is 11.3 Å². The first kappa shape index (κ1) is 13.9. The van der Waals surface area contributed by atoms with Gasteiger partial charge in [0, 0.05) is 21.2 Å². The zero-order valence-electron chi connectivity index (χ0n) is 10.3. The highest BCUT2D eigenvalue weighted by molar-refractivity contribution is 9.10. The summed E-state index contributed by atoms with van der Waals surface area (Å²) in [6, 6.07) is 15.6. The van der Waals surface area contributed by atoms with Crippen LogP contribution in [0.1, 0.15) is 24.1 Å². The molecule has 2 aromatic carbocycles. The molecule has 0 amide bonds. The van der Waals surface area contributed by atoms with Crippen LogP contribution in [0.15, 0.2) is 46.9 Å². The summed E-state index contributed by atoms with van der Waals surface area (Å²) < 4.78 is 0.795. The summed E-state index contributed by atoms with van der Waals surface area (Å²) in [7, 11) is 0. The van der Waals surface area contributed by atoms with E-state index >= 15 is 0 Å². The van der Waals surface area contributed by atoms with Crippen molar-refractivity contribution in [3.63, 3.8) is 0 Å². The molecule has 1 atom stereocenters. The lowest BCUT2D eigenvalue weighted by Gasteiger charge is -2.16. The maximum atomic E-state index is 8.88. The van der Waals surface area contributed by atoms with Gasteiger partial charge in [0.2, 0.25) is 0 Å². The summed E-state index contributed by atoms with van der Waals surface area (Å²) in [5, 5.41) is 13.0. The normalized spacial score (nSPS) is 11.7. The average molecular weight is 336 g/mol. The van der Waals surface area contributed by atoms with E-state index in [2.05, 4.69) is 34.2 Å². The van der Waals surface area contributed by atoms with E-state index in [0.29, 0.717) is 5.56 Å². The number of halogens is 2. The Balaban J connectivity index is 2.15. The molecular formula is C15H12BrClN2. The molecule has 19 heavy (non-hydrogen) atoms. The first-order valence-electron chi connectivity index (χ1n) is 5.82. The van der Waals surface area contributed by atoms with Gasteiger partial charge in [-0.3, -0.25) is 0 Å². The average Bonchev–Trinajstić information content (AvgIpc) is 2.39. The van der Waals surface area contributed by atoms with Crippen LogP contribution in [0.4, 0.5) is 5.69 Å². The first-order valence-corrected chi connectivity index (χ1v) is 6.99. The molecule has 1 unspecified atom stereocenters. The molecule has 0 radical (unpaired) electrons. The zero-order chi connectivity index (χ0) is 13.8. The van der Waals surface area contributed by atoms with Crippen LogP contribution in [-0.2, 0) is 0 Å². The molecule has 0 aliphatic heterocycles. The number of nitriles is 1. The van der Waals surface area contributed by atoms with Crippen molar-refractivity contribution in [1.29, 1.82) is 5.26 Å². The molecule has 2 nitrogen and oxygen atoms in total. The summed E-state index contributed by atoms with van der Waals surface area (Å²) in [5.41, 5.74) is 2.75. The fourth-order valence-electron chi connectivity index (χ4n) is 1.78. The van der Waals surface area contributed by atoms with Gasteiger partial charge in [0.25, 0.3) is 0 Å². The quantitative estimate of drug-likeness (QED) is 0.842. The van der Waals surface area contributed by atoms with Crippen molar-refractivity contribution < 1.29 is 0 Å². The molecular weight excluding hydrogens is 324 g/mol. The van der Waals surface area contributed by atoms with Crippen molar-refractivity contribution in [2.75, 3.05) is 5.32 Å². The van der Waals surface area contributed by atoms with Crippen molar-refractivity contribution in [2.24, 2.45) is 0 Å². The van der Waals surface area contributed by atoms with Crippen molar-refractivity contribution in [3.05, 3.63) is 63.1 Å². The van der Waals surface area contributed by atoms with Crippen molar-refractivity contribution in [2.45, 2.75) is 13.0 Å². The van der Waals surface area contributed by atoms with E-state index in [1.807, 2.05) is 36.4 Å². The minimum absolute atomic E-state index is 0.164. The molecule has 96 valence electrons. The Kier molecular flexibility index (Phi) is 4.47. The van der Waals surface area contributed by atoms with Crippen LogP contribution in [0.3, 0.4) is 0 Å². The molecule has 1 N–H and O–H groups in total. The molecule has 0 bridgehead atoms. The Morgan fingerprint density at radius 3 is 2.47 bits per heavy atom. The second-order valence-electron chi connectivity index (χ2n) is 4.22. The van der Waals surface area contributed by atoms with E-state index in [1.54, 1.807) is 6.07 Å². The predicted molar refractivity (Wildman–Crippen MR) is 82.3 cm³/mol. The van der Waals surface area contributed by atoms with Crippen LogP contribution in [0.2, 0.25) is 5.02 Å². The number of hydrogen-bond acceptors (Lipinski definition) is 2. The highest BCUT2D eigenvalue weighted by Gasteiger charge is 2.06. The van der Waals surface area contributed by atoms with E-state index in [-0.39, 0.29) is 6.04 Å². The molecule has 0 aliphatic rings. The smallest absolute Gasteiger partial charge is 0.100 e. The monoisotopic (exact) mass is 334 g/mol. The Morgan fingerprint density at radius 1 is 1.21 bits per heavy atom. The van der Waals surface area contributed by atoms with Crippen LogP contribution in [-0.4, -0.2) is 0 Å². The van der Waals surface area contributed by atoms with Gasteiger partial charge in [-0.25, -0.2) is 0 Å². The molecule has 0 fully saturated rings. The molecule has 0 heterocycles. The molecule has 2 aromatic rings. The second-order valence-corrected chi connectivity index (χ2v) is 5.51. The minimum atomic E-state index is 0.164. The van der Waals surface area contributed by atoms with E-state index in [0.717, 1.165) is 20.7 Å². The number of benzene rings is 2. The van der Waals surface area contributed by atoms with Crippen molar-refractivity contribution >= 4 is 33.2 Å². The fourth-order valence-corrected chi connectivity index (χ4v) is 2.37. The van der Waals surface area contributed by atoms with Gasteiger partial charge in [0.05, 0.1) is 5.56 Å². The Morgan fingerprint density at radius 2 is 1.89 bits per heavy atom. The SMILES string of the molecule is CC(Nc1ccc(C#N)c(Br)c1)c1ccc(Cl)cc1. The van der Waals surface area contributed by atoms with Crippen molar-refractivity contribution in [3.8, 4) is 6.07 Å². The van der Waals surface area contributed by atoms with Crippen LogP contribution in [0.25, 0.3) is 0 Å². The lowest BCUT2D eigenvalue weighted by molar-refractivity contribution is 0.884. The third-order valence-electron chi connectivity index (χ3n) is 2.84. The number of rotatable bonds is 3. The van der Waals surface area contributed by atoms with E-state index < -0.39 is 0 Å². The number of nitrogens with one attached hydrogen (secondary N) is 1. The lowest BCUT2D eigenvalue weighted by atomic mass is 10.1. The molecule has 0 saturated carbocycles. The minimum Gasteiger partial charge on any atom is -0.378 e. The van der Waals surface area contributed by atoms with Crippen LogP contribution < -0.4 is 5.32 Å². The molecule has 0 aliphatic carbocycles. The van der Waals surface area contributed by atoms with Gasteiger partial charge in [0.15, 0.2) is 0 Å². The first-order chi connectivity index (χ1) is 9.10. The fraction of sp³-hybridized carbons (Fsp3) is 0.133. The van der Waals surface area contributed by atoms with Gasteiger partial charge in [-0.15, -0.1) is 0 Å². The molecule has 0 spiro atoms. The maximum absolute atomic E-state index is 8.88. The molecule has 2 rings (SSSR count). The summed E-state index contributed by atoms with van der Waals surface area (Å²) in [5.74, 6) is 0. The topological polar surface area (TPSA) is 35.8 Å². The summed E-state index contributed by atoms with van der Waals surface area (Å²) in [6.07, 6.45) is 0. The number of nitrogens with zero attached hydrogens (tertiary/aromatic N) is 1. The molecule has 4 heteroatoms. The third-order valence-corrected chi connectivity index (χ3v) is 3.75. The highest BCUT2D eigenvalue weighted by Crippen LogP contribution is 2.25. The molecule has 0 aromatic heterocycles. The lowest BCUT2D eigenvalue weighted by Crippen LogP contribution is -2.06. The summed E-state index contributed by atoms with van der Waals surface area (Å²) >= 11 is 9.26. The Labute approximate surface area is 126 Å². The zero-order valence-corrected chi connectivity index (χ0v) is 12.7. The van der Waals surface area contributed by atoms with E-state index in [4.69, 9.17) is 16.9 Å². The summed E-state index contributed by atoms with van der Waals surface area (Å²) in [4.78, 5) is 0. The third kappa shape index (κ3) is 3.50. The number of hydrogen-bond donors (Lipinski definition) is 1. The van der Waals surface area contributed by atoms with E-state index in [1.165, 1.54) is 0 Å². The second kappa shape index (κ2) is 6.10. The maximum Gasteiger partial charge on any atom is 0.100 e. The van der Waals surface area contributed by atoms with Gasteiger partial charge in [-0.1, -0.05) is 23.7 Å². The van der Waals surface area contributed by atoms with Crippen LogP contribution in [0.5, 0.6) is 0 Å². The Bertz CT molecular complexity index is 617. The standard InChI is InChI=1S/C15H12BrClN2/c1-10(11-2-5-13(17)6-3-11)19-14-7-4-12(9-18)15(16)8-14/h2-8,10,19H,1H3. The van der Waals surface area contributed by atoms with Gasteiger partial charge < -0.3 is 5.32 Å².